The summed E-state index contributed by atoms with van der Waals surface area (Å²) in [5, 5.41) is 9.28. The lowest BCUT2D eigenvalue weighted by molar-refractivity contribution is -0.147. The second-order valence-corrected chi connectivity index (χ2v) is 8.81. The summed E-state index contributed by atoms with van der Waals surface area (Å²) in [6.45, 7) is -1.63. The van der Waals surface area contributed by atoms with Crippen LogP contribution in [0.1, 0.15) is 34.7 Å². The van der Waals surface area contributed by atoms with Gasteiger partial charge in [-0.2, -0.15) is 8.78 Å². The zero-order valence-electron chi connectivity index (χ0n) is 19.0. The number of hydrogen-bond acceptors (Lipinski definition) is 5. The molecule has 0 bridgehead atoms. The van der Waals surface area contributed by atoms with Gasteiger partial charge < -0.3 is 14.5 Å². The van der Waals surface area contributed by atoms with Crippen molar-refractivity contribution in [3.63, 3.8) is 0 Å². The standard InChI is InChI=1S/C25H27F2N3O5/c26-25(27)35-19-8-6-17(7-9-19)23(32)30-13-11-20(21(15-30)22(31)28-34)24(33)29-12-10-18(14-29)16-4-2-1-3-5-16/h1-9,18,20-21,25,34H,10-15H2,(H,28,31)/t18-,20?,21?/m1/s1. The SMILES string of the molecule is O=C(NO)C1CN(C(=O)c2ccc(OC(F)F)cc2)CCC1C(=O)N1CC[C@@H](c2ccccc2)C1. The molecule has 0 saturated carbocycles. The van der Waals surface area contributed by atoms with Crippen molar-refractivity contribution in [3.05, 3.63) is 65.7 Å². The minimum absolute atomic E-state index is 0.0487. The molecule has 2 aliphatic heterocycles. The maximum absolute atomic E-state index is 13.4. The third-order valence-electron chi connectivity index (χ3n) is 6.76. The molecule has 0 aromatic heterocycles. The number of likely N-dealkylation sites (tertiary alicyclic amines) is 2. The van der Waals surface area contributed by atoms with Gasteiger partial charge in [0, 0.05) is 37.7 Å². The fourth-order valence-corrected chi connectivity index (χ4v) is 4.93. The van der Waals surface area contributed by atoms with Crippen LogP contribution in [-0.2, 0) is 9.59 Å². The van der Waals surface area contributed by atoms with Gasteiger partial charge in [0.15, 0.2) is 0 Å². The molecular weight excluding hydrogens is 460 g/mol. The Morgan fingerprint density at radius 2 is 1.60 bits per heavy atom. The third kappa shape index (κ3) is 5.59. The normalized spacial score (nSPS) is 22.2. The van der Waals surface area contributed by atoms with Crippen LogP contribution in [0.4, 0.5) is 8.78 Å². The van der Waals surface area contributed by atoms with E-state index in [1.165, 1.54) is 29.2 Å². The smallest absolute Gasteiger partial charge is 0.387 e. The Bertz CT molecular complexity index is 1050. The molecule has 35 heavy (non-hydrogen) atoms. The van der Waals surface area contributed by atoms with E-state index in [0.717, 1.165) is 12.0 Å². The second-order valence-electron chi connectivity index (χ2n) is 8.81. The summed E-state index contributed by atoms with van der Waals surface area (Å²) >= 11 is 0. The van der Waals surface area contributed by atoms with E-state index in [2.05, 4.69) is 4.74 Å². The molecule has 10 heteroatoms. The summed E-state index contributed by atoms with van der Waals surface area (Å²) in [6, 6.07) is 15.2. The number of ether oxygens (including phenoxy) is 1. The maximum Gasteiger partial charge on any atom is 0.387 e. The van der Waals surface area contributed by atoms with E-state index in [-0.39, 0.29) is 42.6 Å². The number of alkyl halides is 2. The fraction of sp³-hybridized carbons (Fsp3) is 0.400. The molecule has 8 nitrogen and oxygen atoms in total. The summed E-state index contributed by atoms with van der Waals surface area (Å²) < 4.78 is 29.0. The number of nitrogens with one attached hydrogen (secondary N) is 1. The molecule has 2 aliphatic rings. The van der Waals surface area contributed by atoms with Gasteiger partial charge in [0.05, 0.1) is 11.8 Å². The molecule has 2 aromatic carbocycles. The van der Waals surface area contributed by atoms with Gasteiger partial charge in [0.2, 0.25) is 11.8 Å². The van der Waals surface area contributed by atoms with Crippen LogP contribution in [-0.4, -0.2) is 65.5 Å². The first-order valence-electron chi connectivity index (χ1n) is 11.5. The second kappa shape index (κ2) is 10.8. The zero-order chi connectivity index (χ0) is 24.9. The van der Waals surface area contributed by atoms with E-state index in [1.54, 1.807) is 10.4 Å². The number of benzene rings is 2. The number of piperidine rings is 1. The Morgan fingerprint density at radius 1 is 0.914 bits per heavy atom. The molecule has 0 spiro atoms. The lowest BCUT2D eigenvalue weighted by Gasteiger charge is -2.38. The van der Waals surface area contributed by atoms with E-state index < -0.39 is 30.3 Å². The van der Waals surface area contributed by atoms with Gasteiger partial charge in [-0.25, -0.2) is 5.48 Å². The number of hydroxylamine groups is 1. The summed E-state index contributed by atoms with van der Waals surface area (Å²) in [6.07, 6.45) is 1.09. The number of halogens is 2. The molecule has 2 fully saturated rings. The van der Waals surface area contributed by atoms with Crippen LogP contribution >= 0.6 is 0 Å². The maximum atomic E-state index is 13.4. The number of amides is 3. The van der Waals surface area contributed by atoms with Gasteiger partial charge in [-0.05, 0) is 42.7 Å². The van der Waals surface area contributed by atoms with Crippen LogP contribution < -0.4 is 10.2 Å². The summed E-state index contributed by atoms with van der Waals surface area (Å²) in [4.78, 5) is 42.0. The number of nitrogens with zero attached hydrogens (tertiary/aromatic N) is 2. The molecule has 0 radical (unpaired) electrons. The van der Waals surface area contributed by atoms with Crippen LogP contribution in [0.25, 0.3) is 0 Å². The molecular formula is C25H27F2N3O5. The van der Waals surface area contributed by atoms with Crippen LogP contribution in [0.15, 0.2) is 54.6 Å². The molecule has 2 heterocycles. The summed E-state index contributed by atoms with van der Waals surface area (Å²) in [5.41, 5.74) is 3.04. The van der Waals surface area contributed by atoms with Crippen LogP contribution in [0.2, 0.25) is 0 Å². The van der Waals surface area contributed by atoms with Crippen LogP contribution in [0.3, 0.4) is 0 Å². The van der Waals surface area contributed by atoms with Crippen molar-refractivity contribution >= 4 is 17.7 Å². The van der Waals surface area contributed by atoms with Crippen molar-refractivity contribution in [2.24, 2.45) is 11.8 Å². The van der Waals surface area contributed by atoms with E-state index in [9.17, 15) is 28.4 Å². The number of carbonyl (C=O) groups excluding carboxylic acids is 3. The molecule has 0 aliphatic carbocycles. The van der Waals surface area contributed by atoms with E-state index >= 15 is 0 Å². The Balaban J connectivity index is 1.43. The Morgan fingerprint density at radius 3 is 2.26 bits per heavy atom. The van der Waals surface area contributed by atoms with Gasteiger partial charge in [0.25, 0.3) is 5.91 Å². The molecule has 2 unspecified atom stereocenters. The highest BCUT2D eigenvalue weighted by Crippen LogP contribution is 2.32. The lowest BCUT2D eigenvalue weighted by Crippen LogP contribution is -2.53. The minimum Gasteiger partial charge on any atom is -0.435 e. The molecule has 2 aromatic rings. The van der Waals surface area contributed by atoms with Gasteiger partial charge in [-0.1, -0.05) is 30.3 Å². The Labute approximate surface area is 201 Å². The first-order valence-corrected chi connectivity index (χ1v) is 11.5. The largest absolute Gasteiger partial charge is 0.435 e. The third-order valence-corrected chi connectivity index (χ3v) is 6.76. The fourth-order valence-electron chi connectivity index (χ4n) is 4.93. The molecule has 3 amide bonds. The number of carbonyl (C=O) groups is 3. The van der Waals surface area contributed by atoms with Gasteiger partial charge in [-0.15, -0.1) is 0 Å². The van der Waals surface area contributed by atoms with Gasteiger partial charge in [0.1, 0.15) is 5.75 Å². The van der Waals surface area contributed by atoms with E-state index in [0.29, 0.717) is 13.1 Å². The topological polar surface area (TPSA) is 99.2 Å². The van der Waals surface area contributed by atoms with E-state index in [1.807, 2.05) is 30.3 Å². The van der Waals surface area contributed by atoms with Gasteiger partial charge >= 0.3 is 6.61 Å². The van der Waals surface area contributed by atoms with Crippen molar-refractivity contribution < 1.29 is 33.1 Å². The first kappa shape index (κ1) is 24.6. The summed E-state index contributed by atoms with van der Waals surface area (Å²) in [5.74, 6) is -2.70. The highest BCUT2D eigenvalue weighted by atomic mass is 19.3. The summed E-state index contributed by atoms with van der Waals surface area (Å²) in [7, 11) is 0. The number of hydrogen-bond donors (Lipinski definition) is 2. The zero-order valence-corrected chi connectivity index (χ0v) is 19.0. The van der Waals surface area contributed by atoms with Crippen LogP contribution in [0, 0.1) is 11.8 Å². The quantitative estimate of drug-likeness (QED) is 0.482. The average Bonchev–Trinajstić information content (AvgIpc) is 3.38. The van der Waals surface area contributed by atoms with Gasteiger partial charge in [-0.3, -0.25) is 19.6 Å². The monoisotopic (exact) mass is 487 g/mol. The first-order chi connectivity index (χ1) is 16.9. The van der Waals surface area contributed by atoms with E-state index in [4.69, 9.17) is 0 Å². The molecule has 3 atom stereocenters. The predicted octanol–water partition coefficient (Wildman–Crippen LogP) is 2.89. The Hall–Kier alpha value is -3.53. The number of rotatable bonds is 6. The highest BCUT2D eigenvalue weighted by molar-refractivity contribution is 5.95. The molecule has 2 N–H and O–H groups in total. The average molecular weight is 488 g/mol. The minimum atomic E-state index is -2.97. The highest BCUT2D eigenvalue weighted by Gasteiger charge is 2.43. The van der Waals surface area contributed by atoms with Crippen molar-refractivity contribution in [1.29, 1.82) is 0 Å². The van der Waals surface area contributed by atoms with Crippen molar-refractivity contribution in [2.75, 3.05) is 26.2 Å². The Kier molecular flexibility index (Phi) is 7.60. The van der Waals surface area contributed by atoms with Crippen molar-refractivity contribution in [2.45, 2.75) is 25.4 Å². The molecule has 2 saturated heterocycles. The molecule has 186 valence electrons. The lowest BCUT2D eigenvalue weighted by atomic mass is 9.83. The predicted molar refractivity (Wildman–Crippen MR) is 121 cm³/mol. The van der Waals surface area contributed by atoms with Crippen molar-refractivity contribution in [1.82, 2.24) is 15.3 Å². The van der Waals surface area contributed by atoms with Crippen molar-refractivity contribution in [3.8, 4) is 5.75 Å². The molecule has 4 rings (SSSR count). The van der Waals surface area contributed by atoms with Crippen LogP contribution in [0.5, 0.6) is 5.75 Å².